The van der Waals surface area contributed by atoms with Crippen LogP contribution in [0.2, 0.25) is 10.0 Å². The van der Waals surface area contributed by atoms with Crippen LogP contribution in [0.5, 0.6) is 5.75 Å². The van der Waals surface area contributed by atoms with Crippen molar-refractivity contribution in [2.24, 2.45) is 0 Å². The fourth-order valence-corrected chi connectivity index (χ4v) is 2.99. The number of esters is 1. The molecule has 3 rings (SSSR count). The molecule has 6 heteroatoms. The van der Waals surface area contributed by atoms with E-state index in [1.54, 1.807) is 24.3 Å². The molecule has 0 amide bonds. The minimum atomic E-state index is -0.510. The molecular formula is C23H17Cl2NO3. The van der Waals surface area contributed by atoms with Gasteiger partial charge in [-0.1, -0.05) is 47.5 Å². The highest BCUT2D eigenvalue weighted by atomic mass is 35.5. The van der Waals surface area contributed by atoms with Gasteiger partial charge in [0.05, 0.1) is 35.4 Å². The first-order chi connectivity index (χ1) is 14.1. The highest BCUT2D eigenvalue weighted by molar-refractivity contribution is 6.35. The van der Waals surface area contributed by atoms with Crippen molar-refractivity contribution in [2.75, 3.05) is 13.2 Å². The molecule has 0 aliphatic rings. The van der Waals surface area contributed by atoms with Crippen LogP contribution in [0.4, 0.5) is 0 Å². The average molecular weight is 426 g/mol. The fourth-order valence-electron chi connectivity index (χ4n) is 2.63. The van der Waals surface area contributed by atoms with Crippen molar-refractivity contribution >= 4 is 29.2 Å². The van der Waals surface area contributed by atoms with Gasteiger partial charge in [0.2, 0.25) is 0 Å². The van der Waals surface area contributed by atoms with Crippen molar-refractivity contribution in [3.8, 4) is 22.9 Å². The van der Waals surface area contributed by atoms with Gasteiger partial charge in [-0.05, 0) is 53.6 Å². The summed E-state index contributed by atoms with van der Waals surface area (Å²) in [6.07, 6.45) is 0.543. The van der Waals surface area contributed by atoms with Gasteiger partial charge in [-0.2, -0.15) is 5.26 Å². The van der Waals surface area contributed by atoms with Crippen molar-refractivity contribution < 1.29 is 14.3 Å². The number of benzene rings is 3. The number of carbonyl (C=O) groups is 1. The number of ether oxygens (including phenoxy) is 2. The lowest BCUT2D eigenvalue weighted by Gasteiger charge is -2.09. The third kappa shape index (κ3) is 5.74. The molecule has 0 N–H and O–H groups in total. The maximum absolute atomic E-state index is 12.0. The normalized spacial score (nSPS) is 10.2. The Hall–Kier alpha value is -3.00. The number of rotatable bonds is 7. The zero-order chi connectivity index (χ0) is 20.6. The molecule has 0 atom stereocenters. The summed E-state index contributed by atoms with van der Waals surface area (Å²) < 4.78 is 10.9. The van der Waals surface area contributed by atoms with Crippen molar-refractivity contribution in [3.63, 3.8) is 0 Å². The van der Waals surface area contributed by atoms with Crippen molar-refractivity contribution in [2.45, 2.75) is 6.42 Å². The summed E-state index contributed by atoms with van der Waals surface area (Å²) in [6.45, 7) is 0.623. The maximum atomic E-state index is 12.0. The number of nitriles is 1. The largest absolute Gasteiger partial charge is 0.493 e. The van der Waals surface area contributed by atoms with E-state index in [4.69, 9.17) is 37.9 Å². The molecule has 0 bridgehead atoms. The van der Waals surface area contributed by atoms with Crippen LogP contribution in [0, 0.1) is 11.3 Å². The predicted octanol–water partition coefficient (Wildman–Crippen LogP) is 6.16. The Morgan fingerprint density at radius 2 is 1.55 bits per heavy atom. The quantitative estimate of drug-likeness (QED) is 0.336. The Balaban J connectivity index is 1.44. The van der Waals surface area contributed by atoms with Crippen LogP contribution < -0.4 is 4.74 Å². The van der Waals surface area contributed by atoms with E-state index in [9.17, 15) is 4.79 Å². The van der Waals surface area contributed by atoms with Crippen LogP contribution in [0.25, 0.3) is 11.1 Å². The smallest absolute Gasteiger partial charge is 0.339 e. The number of carbonyl (C=O) groups excluding carboxylic acids is 1. The summed E-state index contributed by atoms with van der Waals surface area (Å²) in [5.41, 5.74) is 2.95. The van der Waals surface area contributed by atoms with E-state index < -0.39 is 5.97 Å². The lowest BCUT2D eigenvalue weighted by Crippen LogP contribution is -2.09. The van der Waals surface area contributed by atoms with Gasteiger partial charge >= 0.3 is 5.97 Å². The molecule has 3 aromatic rings. The minimum Gasteiger partial charge on any atom is -0.493 e. The van der Waals surface area contributed by atoms with Gasteiger partial charge < -0.3 is 9.47 Å². The Morgan fingerprint density at radius 3 is 2.21 bits per heavy atom. The molecule has 29 heavy (non-hydrogen) atoms. The van der Waals surface area contributed by atoms with Gasteiger partial charge in [-0.3, -0.25) is 0 Å². The Kier molecular flexibility index (Phi) is 7.13. The van der Waals surface area contributed by atoms with Crippen LogP contribution in [0.3, 0.4) is 0 Å². The average Bonchev–Trinajstić information content (AvgIpc) is 2.75. The molecule has 0 aromatic heterocycles. The zero-order valence-electron chi connectivity index (χ0n) is 15.4. The van der Waals surface area contributed by atoms with Crippen molar-refractivity contribution in [1.29, 1.82) is 5.26 Å². The Bertz CT molecular complexity index is 1030. The lowest BCUT2D eigenvalue weighted by atomic mass is 10.0. The molecule has 0 saturated heterocycles. The monoisotopic (exact) mass is 425 g/mol. The highest BCUT2D eigenvalue weighted by Crippen LogP contribution is 2.23. The number of hydrogen-bond acceptors (Lipinski definition) is 4. The molecule has 0 heterocycles. The second kappa shape index (κ2) is 9.97. The van der Waals surface area contributed by atoms with Gasteiger partial charge in [-0.15, -0.1) is 0 Å². The molecule has 0 aliphatic heterocycles. The van der Waals surface area contributed by atoms with E-state index in [0.29, 0.717) is 28.6 Å². The van der Waals surface area contributed by atoms with Crippen molar-refractivity contribution in [1.82, 2.24) is 0 Å². The van der Waals surface area contributed by atoms with E-state index in [-0.39, 0.29) is 12.2 Å². The molecule has 3 aromatic carbocycles. The molecule has 146 valence electrons. The van der Waals surface area contributed by atoms with E-state index in [1.807, 2.05) is 36.4 Å². The van der Waals surface area contributed by atoms with E-state index in [2.05, 4.69) is 6.07 Å². The lowest BCUT2D eigenvalue weighted by molar-refractivity contribution is 0.0486. The summed E-state index contributed by atoms with van der Waals surface area (Å²) in [5.74, 6) is 0.218. The molecule has 0 aliphatic carbocycles. The topological polar surface area (TPSA) is 59.3 Å². The van der Waals surface area contributed by atoms with Gasteiger partial charge in [-0.25, -0.2) is 4.79 Å². The van der Waals surface area contributed by atoms with E-state index in [1.165, 1.54) is 6.07 Å². The third-order valence-electron chi connectivity index (χ3n) is 4.14. The highest BCUT2D eigenvalue weighted by Gasteiger charge is 2.12. The summed E-state index contributed by atoms with van der Waals surface area (Å²) >= 11 is 11.9. The first-order valence-electron chi connectivity index (χ1n) is 8.92. The zero-order valence-corrected chi connectivity index (χ0v) is 16.9. The molecule has 0 unspecified atom stereocenters. The molecule has 0 fully saturated rings. The van der Waals surface area contributed by atoms with Crippen LogP contribution >= 0.6 is 23.2 Å². The molecule has 0 spiro atoms. The van der Waals surface area contributed by atoms with E-state index >= 15 is 0 Å². The molecule has 0 saturated carbocycles. The summed E-state index contributed by atoms with van der Waals surface area (Å²) in [5, 5.41) is 9.59. The van der Waals surface area contributed by atoms with Gasteiger partial charge in [0.15, 0.2) is 0 Å². The van der Waals surface area contributed by atoms with Crippen molar-refractivity contribution in [3.05, 3.63) is 87.9 Å². The van der Waals surface area contributed by atoms with Gasteiger partial charge in [0.25, 0.3) is 0 Å². The molecule has 0 radical (unpaired) electrons. The predicted molar refractivity (Wildman–Crippen MR) is 113 cm³/mol. The second-order valence-corrected chi connectivity index (χ2v) is 7.02. The minimum absolute atomic E-state index is 0.213. The third-order valence-corrected chi connectivity index (χ3v) is 4.71. The number of nitrogens with zero attached hydrogens (tertiary/aromatic N) is 1. The first kappa shape index (κ1) is 20.7. The second-order valence-electron chi connectivity index (χ2n) is 6.18. The van der Waals surface area contributed by atoms with Crippen LogP contribution in [0.15, 0.2) is 66.7 Å². The number of halogens is 2. The molecular weight excluding hydrogens is 409 g/mol. The Labute approximate surface area is 179 Å². The fraction of sp³-hybridized carbons (Fsp3) is 0.130. The van der Waals surface area contributed by atoms with Crippen LogP contribution in [0.1, 0.15) is 22.3 Å². The van der Waals surface area contributed by atoms with Gasteiger partial charge in [0, 0.05) is 11.4 Å². The standard InChI is InChI=1S/C23H17Cl2NO3/c24-19-8-11-22(25)21(14-19)23(27)29-13-1-12-28-20-9-6-18(7-10-20)17-4-2-16(15-26)3-5-17/h2-11,14H,1,12-13H2. The molecule has 4 nitrogen and oxygen atoms in total. The number of hydrogen-bond donors (Lipinski definition) is 0. The Morgan fingerprint density at radius 1 is 0.897 bits per heavy atom. The van der Waals surface area contributed by atoms with Crippen LogP contribution in [-0.4, -0.2) is 19.2 Å². The van der Waals surface area contributed by atoms with Crippen LogP contribution in [-0.2, 0) is 4.74 Å². The summed E-state index contributed by atoms with van der Waals surface area (Å²) in [7, 11) is 0. The first-order valence-corrected chi connectivity index (χ1v) is 9.68. The summed E-state index contributed by atoms with van der Waals surface area (Å²) in [4.78, 5) is 12.0. The van der Waals surface area contributed by atoms with Gasteiger partial charge in [0.1, 0.15) is 5.75 Å². The summed E-state index contributed by atoms with van der Waals surface area (Å²) in [6, 6.07) is 21.8. The maximum Gasteiger partial charge on any atom is 0.339 e. The SMILES string of the molecule is N#Cc1ccc(-c2ccc(OCCCOC(=O)c3cc(Cl)ccc3Cl)cc2)cc1. The van der Waals surface area contributed by atoms with E-state index in [0.717, 1.165) is 16.9 Å².